The lowest BCUT2D eigenvalue weighted by Crippen LogP contribution is -2.26. The molecule has 7 heteroatoms. The summed E-state index contributed by atoms with van der Waals surface area (Å²) in [6, 6.07) is 4.82. The summed E-state index contributed by atoms with van der Waals surface area (Å²) in [6.45, 7) is 1.25. The van der Waals surface area contributed by atoms with Gasteiger partial charge in [-0.2, -0.15) is 0 Å². The molecule has 1 N–H and O–H groups in total. The van der Waals surface area contributed by atoms with Gasteiger partial charge >= 0.3 is 0 Å². The van der Waals surface area contributed by atoms with Crippen molar-refractivity contribution in [2.24, 2.45) is 5.92 Å². The molecule has 5 nitrogen and oxygen atoms in total. The van der Waals surface area contributed by atoms with Gasteiger partial charge in [0.15, 0.2) is 15.7 Å². The maximum atomic E-state index is 13.6. The van der Waals surface area contributed by atoms with Crippen LogP contribution in [0.5, 0.6) is 0 Å². The zero-order chi connectivity index (χ0) is 15.0. The van der Waals surface area contributed by atoms with Crippen LogP contribution in [-0.4, -0.2) is 48.4 Å². The van der Waals surface area contributed by atoms with E-state index in [4.69, 9.17) is 0 Å². The van der Waals surface area contributed by atoms with Crippen molar-refractivity contribution in [3.05, 3.63) is 29.8 Å². The van der Waals surface area contributed by atoms with Crippen molar-refractivity contribution in [1.82, 2.24) is 14.9 Å². The second kappa shape index (κ2) is 5.38. The highest BCUT2D eigenvalue weighted by molar-refractivity contribution is 7.91. The van der Waals surface area contributed by atoms with Crippen LogP contribution in [0.25, 0.3) is 11.0 Å². The molecule has 21 heavy (non-hydrogen) atoms. The standard InChI is InChI=1S/C14H18FN3O2S/c1-18(7-10-5-6-21(19,20)9-10)8-13-16-12-4-2-3-11(15)14(12)17-13/h2-4,10H,5-9H2,1H3,(H,16,17). The van der Waals surface area contributed by atoms with Crippen LogP contribution < -0.4 is 0 Å². The molecule has 2 aromatic rings. The molecular formula is C14H18FN3O2S. The number of rotatable bonds is 4. The number of aromatic amines is 1. The van der Waals surface area contributed by atoms with Crippen LogP contribution in [0.4, 0.5) is 4.39 Å². The summed E-state index contributed by atoms with van der Waals surface area (Å²) in [5.74, 6) is 1.10. The van der Waals surface area contributed by atoms with E-state index in [1.165, 1.54) is 6.07 Å². The van der Waals surface area contributed by atoms with Crippen molar-refractivity contribution in [1.29, 1.82) is 0 Å². The average Bonchev–Trinajstić information content (AvgIpc) is 2.93. The molecule has 1 aliphatic heterocycles. The van der Waals surface area contributed by atoms with Crippen LogP contribution in [0.15, 0.2) is 18.2 Å². The molecule has 1 atom stereocenters. The van der Waals surface area contributed by atoms with Crippen molar-refractivity contribution in [2.75, 3.05) is 25.1 Å². The highest BCUT2D eigenvalue weighted by Crippen LogP contribution is 2.20. The van der Waals surface area contributed by atoms with Gasteiger partial charge in [-0.3, -0.25) is 4.90 Å². The summed E-state index contributed by atoms with van der Waals surface area (Å²) in [6.07, 6.45) is 0.724. The van der Waals surface area contributed by atoms with Crippen LogP contribution in [0, 0.1) is 11.7 Å². The number of hydrogen-bond acceptors (Lipinski definition) is 4. The van der Waals surface area contributed by atoms with Gasteiger partial charge in [0.2, 0.25) is 0 Å². The minimum absolute atomic E-state index is 0.182. The minimum Gasteiger partial charge on any atom is -0.341 e. The second-order valence-electron chi connectivity index (χ2n) is 5.79. The van der Waals surface area contributed by atoms with E-state index >= 15 is 0 Å². The van der Waals surface area contributed by atoms with Crippen LogP contribution >= 0.6 is 0 Å². The fourth-order valence-corrected chi connectivity index (χ4v) is 4.75. The average molecular weight is 311 g/mol. The zero-order valence-corrected chi connectivity index (χ0v) is 12.7. The van der Waals surface area contributed by atoms with Crippen molar-refractivity contribution >= 4 is 20.9 Å². The Hall–Kier alpha value is -1.47. The van der Waals surface area contributed by atoms with Gasteiger partial charge in [-0.15, -0.1) is 0 Å². The first-order chi connectivity index (χ1) is 9.93. The Bertz CT molecular complexity index is 757. The Kier molecular flexibility index (Phi) is 3.71. The van der Waals surface area contributed by atoms with E-state index in [9.17, 15) is 12.8 Å². The number of nitrogens with one attached hydrogen (secondary N) is 1. The van der Waals surface area contributed by atoms with Crippen LogP contribution in [-0.2, 0) is 16.4 Å². The van der Waals surface area contributed by atoms with E-state index in [2.05, 4.69) is 9.97 Å². The molecule has 0 radical (unpaired) electrons. The van der Waals surface area contributed by atoms with E-state index in [1.54, 1.807) is 12.1 Å². The third-order valence-corrected chi connectivity index (χ3v) is 5.67. The summed E-state index contributed by atoms with van der Waals surface area (Å²) in [5, 5.41) is 0. The lowest BCUT2D eigenvalue weighted by Gasteiger charge is -2.18. The van der Waals surface area contributed by atoms with Crippen molar-refractivity contribution in [2.45, 2.75) is 13.0 Å². The van der Waals surface area contributed by atoms with Crippen LogP contribution in [0.1, 0.15) is 12.2 Å². The third kappa shape index (κ3) is 3.24. The van der Waals surface area contributed by atoms with E-state index in [1.807, 2.05) is 11.9 Å². The first-order valence-electron chi connectivity index (χ1n) is 6.95. The number of benzene rings is 1. The topological polar surface area (TPSA) is 66.1 Å². The Morgan fingerprint density at radius 1 is 1.48 bits per heavy atom. The quantitative estimate of drug-likeness (QED) is 0.931. The number of fused-ring (bicyclic) bond motifs is 1. The lowest BCUT2D eigenvalue weighted by atomic mass is 10.1. The van der Waals surface area contributed by atoms with E-state index in [-0.39, 0.29) is 17.5 Å². The Morgan fingerprint density at radius 2 is 2.29 bits per heavy atom. The zero-order valence-electron chi connectivity index (χ0n) is 11.8. The molecular weight excluding hydrogens is 293 g/mol. The molecule has 0 spiro atoms. The number of hydrogen-bond donors (Lipinski definition) is 1. The summed E-state index contributed by atoms with van der Waals surface area (Å²) in [4.78, 5) is 9.39. The van der Waals surface area contributed by atoms with Gasteiger partial charge < -0.3 is 4.98 Å². The largest absolute Gasteiger partial charge is 0.341 e. The molecule has 0 aliphatic carbocycles. The fraction of sp³-hybridized carbons (Fsp3) is 0.500. The number of sulfone groups is 1. The van der Waals surface area contributed by atoms with E-state index < -0.39 is 9.84 Å². The molecule has 1 aromatic carbocycles. The highest BCUT2D eigenvalue weighted by atomic mass is 32.2. The summed E-state index contributed by atoms with van der Waals surface area (Å²) in [7, 11) is -0.915. The number of para-hydroxylation sites is 1. The molecule has 0 saturated carbocycles. The Balaban J connectivity index is 1.66. The van der Waals surface area contributed by atoms with Crippen molar-refractivity contribution < 1.29 is 12.8 Å². The lowest BCUT2D eigenvalue weighted by molar-refractivity contribution is 0.276. The predicted molar refractivity (Wildman–Crippen MR) is 79.1 cm³/mol. The third-order valence-electron chi connectivity index (χ3n) is 3.83. The maximum absolute atomic E-state index is 13.6. The van der Waals surface area contributed by atoms with Crippen molar-refractivity contribution in [3.8, 4) is 0 Å². The Morgan fingerprint density at radius 3 is 2.95 bits per heavy atom. The van der Waals surface area contributed by atoms with Gasteiger partial charge in [-0.05, 0) is 31.5 Å². The van der Waals surface area contributed by atoms with Gasteiger partial charge in [0.25, 0.3) is 0 Å². The van der Waals surface area contributed by atoms with Crippen LogP contribution in [0.3, 0.4) is 0 Å². The summed E-state index contributed by atoms with van der Waals surface area (Å²) >= 11 is 0. The Labute approximate surface area is 123 Å². The fourth-order valence-electron chi connectivity index (χ4n) is 2.90. The molecule has 1 aliphatic rings. The minimum atomic E-state index is -2.84. The smallest absolute Gasteiger partial charge is 0.151 e. The van der Waals surface area contributed by atoms with Gasteiger partial charge in [-0.25, -0.2) is 17.8 Å². The van der Waals surface area contributed by atoms with Gasteiger partial charge in [-0.1, -0.05) is 6.07 Å². The highest BCUT2D eigenvalue weighted by Gasteiger charge is 2.28. The molecule has 1 aromatic heterocycles. The summed E-state index contributed by atoms with van der Waals surface area (Å²) < 4.78 is 36.5. The number of imidazole rings is 1. The summed E-state index contributed by atoms with van der Waals surface area (Å²) in [5.41, 5.74) is 1.03. The van der Waals surface area contributed by atoms with E-state index in [0.29, 0.717) is 35.7 Å². The van der Waals surface area contributed by atoms with Gasteiger partial charge in [0, 0.05) is 6.54 Å². The normalized spacial score (nSPS) is 21.4. The molecule has 1 saturated heterocycles. The van der Waals surface area contributed by atoms with Crippen LogP contribution in [0.2, 0.25) is 0 Å². The predicted octanol–water partition coefficient (Wildman–Crippen LogP) is 1.57. The molecule has 0 bridgehead atoms. The second-order valence-corrected chi connectivity index (χ2v) is 8.01. The molecule has 2 heterocycles. The number of H-pyrrole nitrogens is 1. The monoisotopic (exact) mass is 311 g/mol. The maximum Gasteiger partial charge on any atom is 0.151 e. The first kappa shape index (κ1) is 14.5. The molecule has 3 rings (SSSR count). The molecule has 1 unspecified atom stereocenters. The molecule has 114 valence electrons. The first-order valence-corrected chi connectivity index (χ1v) is 8.77. The number of halogens is 1. The van der Waals surface area contributed by atoms with Gasteiger partial charge in [0.1, 0.15) is 11.3 Å². The number of aromatic nitrogens is 2. The van der Waals surface area contributed by atoms with Crippen molar-refractivity contribution in [3.63, 3.8) is 0 Å². The van der Waals surface area contributed by atoms with E-state index in [0.717, 1.165) is 6.42 Å². The number of nitrogens with zero attached hydrogens (tertiary/aromatic N) is 2. The van der Waals surface area contributed by atoms with Gasteiger partial charge in [0.05, 0.1) is 23.6 Å². The molecule has 0 amide bonds. The SMILES string of the molecule is CN(Cc1nc2c(F)cccc2[nH]1)CC1CCS(=O)(=O)C1. The molecule has 1 fully saturated rings.